The molecule has 1 rings (SSSR count). The molecule has 0 radical (unpaired) electrons. The van der Waals surface area contributed by atoms with Crippen molar-refractivity contribution < 1.29 is 19.4 Å². The van der Waals surface area contributed by atoms with Gasteiger partial charge in [-0.15, -0.1) is 0 Å². The Hall–Kier alpha value is -2.09. The number of aliphatic carboxylic acids is 1. The zero-order chi connectivity index (χ0) is 14.3. The SMILES string of the molecule is COCC(NC(=O)NCCn1cc(C)cn1)C(=O)O. The van der Waals surface area contributed by atoms with Gasteiger partial charge in [0.15, 0.2) is 6.04 Å². The second-order valence-corrected chi connectivity index (χ2v) is 4.03. The fourth-order valence-corrected chi connectivity index (χ4v) is 1.42. The van der Waals surface area contributed by atoms with Gasteiger partial charge in [0.2, 0.25) is 0 Å². The van der Waals surface area contributed by atoms with Crippen LogP contribution in [-0.4, -0.2) is 53.2 Å². The van der Waals surface area contributed by atoms with E-state index in [0.717, 1.165) is 5.56 Å². The van der Waals surface area contributed by atoms with Crippen molar-refractivity contribution in [3.63, 3.8) is 0 Å². The Morgan fingerprint density at radius 2 is 2.32 bits per heavy atom. The first-order valence-corrected chi connectivity index (χ1v) is 5.78. The molecule has 1 unspecified atom stereocenters. The van der Waals surface area contributed by atoms with E-state index in [1.54, 1.807) is 10.9 Å². The van der Waals surface area contributed by atoms with Crippen LogP contribution in [0.5, 0.6) is 0 Å². The van der Waals surface area contributed by atoms with Crippen LogP contribution >= 0.6 is 0 Å². The lowest BCUT2D eigenvalue weighted by atomic mass is 10.3. The van der Waals surface area contributed by atoms with Crippen molar-refractivity contribution in [2.45, 2.75) is 19.5 Å². The number of hydrogen-bond acceptors (Lipinski definition) is 4. The third-order valence-electron chi connectivity index (χ3n) is 2.33. The van der Waals surface area contributed by atoms with Crippen LogP contribution in [0.2, 0.25) is 0 Å². The van der Waals surface area contributed by atoms with Crippen molar-refractivity contribution in [1.82, 2.24) is 20.4 Å². The number of nitrogens with zero attached hydrogens (tertiary/aromatic N) is 2. The van der Waals surface area contributed by atoms with Crippen LogP contribution in [0.4, 0.5) is 4.79 Å². The third-order valence-corrected chi connectivity index (χ3v) is 2.33. The van der Waals surface area contributed by atoms with Gasteiger partial charge in [-0.05, 0) is 12.5 Å². The Labute approximate surface area is 110 Å². The van der Waals surface area contributed by atoms with Crippen molar-refractivity contribution >= 4 is 12.0 Å². The number of ether oxygens (including phenoxy) is 1. The van der Waals surface area contributed by atoms with E-state index < -0.39 is 18.0 Å². The number of methoxy groups -OCH3 is 1. The average molecular weight is 270 g/mol. The van der Waals surface area contributed by atoms with Crippen molar-refractivity contribution in [2.24, 2.45) is 0 Å². The maximum Gasteiger partial charge on any atom is 0.328 e. The Morgan fingerprint density at radius 1 is 1.58 bits per heavy atom. The molecular formula is C11H18N4O4. The van der Waals surface area contributed by atoms with Gasteiger partial charge in [0, 0.05) is 19.9 Å². The number of rotatable bonds is 7. The molecular weight excluding hydrogens is 252 g/mol. The lowest BCUT2D eigenvalue weighted by Gasteiger charge is -2.14. The first kappa shape index (κ1) is 15.0. The number of carboxylic acid groups (broad SMARTS) is 1. The van der Waals surface area contributed by atoms with E-state index in [4.69, 9.17) is 9.84 Å². The van der Waals surface area contributed by atoms with Gasteiger partial charge in [0.05, 0.1) is 19.3 Å². The fraction of sp³-hybridized carbons (Fsp3) is 0.545. The molecule has 1 heterocycles. The average Bonchev–Trinajstić information content (AvgIpc) is 2.74. The summed E-state index contributed by atoms with van der Waals surface area (Å²) in [6.45, 7) is 2.71. The van der Waals surface area contributed by atoms with Crippen molar-refractivity contribution in [1.29, 1.82) is 0 Å². The number of nitrogens with one attached hydrogen (secondary N) is 2. The predicted molar refractivity (Wildman–Crippen MR) is 66.8 cm³/mol. The molecule has 0 bridgehead atoms. The summed E-state index contributed by atoms with van der Waals surface area (Å²) in [7, 11) is 1.37. The number of urea groups is 1. The summed E-state index contributed by atoms with van der Waals surface area (Å²) < 4.78 is 6.40. The molecule has 0 aliphatic carbocycles. The molecule has 19 heavy (non-hydrogen) atoms. The van der Waals surface area contributed by atoms with E-state index in [-0.39, 0.29) is 6.61 Å². The topological polar surface area (TPSA) is 105 Å². The van der Waals surface area contributed by atoms with E-state index in [0.29, 0.717) is 13.1 Å². The normalized spacial score (nSPS) is 11.9. The molecule has 8 heteroatoms. The number of carbonyl (C=O) groups excluding carboxylic acids is 1. The van der Waals surface area contributed by atoms with Crippen LogP contribution in [0.25, 0.3) is 0 Å². The Balaban J connectivity index is 2.28. The maximum atomic E-state index is 11.5. The number of carbonyl (C=O) groups is 2. The predicted octanol–water partition coefficient (Wildman–Crippen LogP) is -0.410. The van der Waals surface area contributed by atoms with Gasteiger partial charge in [-0.3, -0.25) is 4.68 Å². The largest absolute Gasteiger partial charge is 0.480 e. The van der Waals surface area contributed by atoms with E-state index in [1.165, 1.54) is 7.11 Å². The third kappa shape index (κ3) is 5.38. The van der Waals surface area contributed by atoms with Gasteiger partial charge in [-0.2, -0.15) is 5.10 Å². The first-order valence-electron chi connectivity index (χ1n) is 5.78. The van der Waals surface area contributed by atoms with Crippen molar-refractivity contribution in [3.05, 3.63) is 18.0 Å². The highest BCUT2D eigenvalue weighted by molar-refractivity contribution is 5.82. The Kier molecular flexibility index (Phi) is 5.80. The van der Waals surface area contributed by atoms with Crippen molar-refractivity contribution in [2.75, 3.05) is 20.3 Å². The standard InChI is InChI=1S/C11H18N4O4/c1-8-5-13-15(6-8)4-3-12-11(18)14-9(7-19-2)10(16)17/h5-6,9H,3-4,7H2,1-2H3,(H,16,17)(H2,12,14,18). The minimum Gasteiger partial charge on any atom is -0.480 e. The van der Waals surface area contributed by atoms with Crippen LogP contribution in [0.1, 0.15) is 5.56 Å². The Morgan fingerprint density at radius 3 is 2.84 bits per heavy atom. The summed E-state index contributed by atoms with van der Waals surface area (Å²) in [5.41, 5.74) is 1.04. The van der Waals surface area contributed by atoms with E-state index in [1.807, 2.05) is 13.1 Å². The fourth-order valence-electron chi connectivity index (χ4n) is 1.42. The van der Waals surface area contributed by atoms with Gasteiger partial charge in [-0.25, -0.2) is 9.59 Å². The summed E-state index contributed by atoms with van der Waals surface area (Å²) in [4.78, 5) is 22.2. The number of hydrogen-bond donors (Lipinski definition) is 3. The summed E-state index contributed by atoms with van der Waals surface area (Å²) in [6.07, 6.45) is 3.57. The highest BCUT2D eigenvalue weighted by Gasteiger charge is 2.19. The highest BCUT2D eigenvalue weighted by Crippen LogP contribution is 1.93. The smallest absolute Gasteiger partial charge is 0.328 e. The van der Waals surface area contributed by atoms with Gasteiger partial charge < -0.3 is 20.5 Å². The number of carboxylic acids is 1. The molecule has 1 aromatic rings. The van der Waals surface area contributed by atoms with Crippen LogP contribution in [0, 0.1) is 6.92 Å². The van der Waals surface area contributed by atoms with Crippen molar-refractivity contribution in [3.8, 4) is 0 Å². The minimum atomic E-state index is -1.14. The quantitative estimate of drug-likeness (QED) is 0.624. The van der Waals surface area contributed by atoms with E-state index in [2.05, 4.69) is 15.7 Å². The molecule has 0 aliphatic heterocycles. The zero-order valence-corrected chi connectivity index (χ0v) is 10.9. The molecule has 0 saturated carbocycles. The van der Waals surface area contributed by atoms with Gasteiger partial charge in [-0.1, -0.05) is 0 Å². The monoisotopic (exact) mass is 270 g/mol. The van der Waals surface area contributed by atoms with Gasteiger partial charge in [0.25, 0.3) is 0 Å². The zero-order valence-electron chi connectivity index (χ0n) is 10.9. The lowest BCUT2D eigenvalue weighted by Crippen LogP contribution is -2.48. The molecule has 0 aliphatic rings. The summed E-state index contributed by atoms with van der Waals surface area (Å²) in [5.74, 6) is -1.14. The molecule has 3 N–H and O–H groups in total. The molecule has 8 nitrogen and oxygen atoms in total. The van der Waals surface area contributed by atoms with Crippen LogP contribution in [0.3, 0.4) is 0 Å². The summed E-state index contributed by atoms with van der Waals surface area (Å²) >= 11 is 0. The molecule has 106 valence electrons. The number of amides is 2. The minimum absolute atomic E-state index is 0.0822. The molecule has 0 saturated heterocycles. The van der Waals surface area contributed by atoms with Gasteiger partial charge in [0.1, 0.15) is 0 Å². The second kappa shape index (κ2) is 7.37. The maximum absolute atomic E-state index is 11.5. The molecule has 2 amide bonds. The first-order chi connectivity index (χ1) is 9.02. The van der Waals surface area contributed by atoms with Crippen LogP contribution < -0.4 is 10.6 Å². The van der Waals surface area contributed by atoms with Crippen LogP contribution in [0.15, 0.2) is 12.4 Å². The summed E-state index contributed by atoms with van der Waals surface area (Å²) in [6, 6.07) is -1.61. The number of aromatic nitrogens is 2. The lowest BCUT2D eigenvalue weighted by molar-refractivity contribution is -0.140. The Bertz CT molecular complexity index is 432. The second-order valence-electron chi connectivity index (χ2n) is 4.03. The van der Waals surface area contributed by atoms with Gasteiger partial charge >= 0.3 is 12.0 Å². The summed E-state index contributed by atoms with van der Waals surface area (Å²) in [5, 5.41) is 17.7. The molecule has 0 spiro atoms. The molecule has 0 aromatic carbocycles. The van der Waals surface area contributed by atoms with Crippen LogP contribution in [-0.2, 0) is 16.1 Å². The molecule has 1 aromatic heterocycles. The van der Waals surface area contributed by atoms with E-state index >= 15 is 0 Å². The number of aryl methyl sites for hydroxylation is 1. The highest BCUT2D eigenvalue weighted by atomic mass is 16.5. The van der Waals surface area contributed by atoms with E-state index in [9.17, 15) is 9.59 Å². The molecule has 0 fully saturated rings. The molecule has 1 atom stereocenters.